The fraction of sp³-hybridized carbons (Fsp3) is 0.300. The van der Waals surface area contributed by atoms with Crippen molar-refractivity contribution in [2.75, 3.05) is 6.61 Å². The minimum Gasteiger partial charge on any atom is -0.491 e. The Bertz CT molecular complexity index is 600. The molecule has 2 aromatic rings. The lowest BCUT2D eigenvalue weighted by atomic mass is 10.3. The maximum atomic E-state index is 11.8. The Hall–Kier alpha value is -1.69. The van der Waals surface area contributed by atoms with Crippen molar-refractivity contribution in [2.24, 2.45) is 0 Å². The number of H-pyrrole nitrogens is 1. The zero-order chi connectivity index (χ0) is 11.7. The second-order valence-corrected chi connectivity index (χ2v) is 3.97. The van der Waals surface area contributed by atoms with E-state index in [0.29, 0.717) is 34.1 Å². The van der Waals surface area contributed by atoms with Crippen LogP contribution in [0.4, 0.5) is 0 Å². The van der Waals surface area contributed by atoms with E-state index in [1.165, 1.54) is 11.5 Å². The van der Waals surface area contributed by atoms with Gasteiger partial charge in [0.2, 0.25) is 0 Å². The minimum absolute atomic E-state index is 0.202. The van der Waals surface area contributed by atoms with Crippen molar-refractivity contribution in [3.05, 3.63) is 28.5 Å². The lowest BCUT2D eigenvalue weighted by Crippen LogP contribution is -2.11. The molecule has 0 saturated heterocycles. The molecule has 5 nitrogen and oxygen atoms in total. The summed E-state index contributed by atoms with van der Waals surface area (Å²) in [6.45, 7) is 7.82. The lowest BCUT2D eigenvalue weighted by Gasteiger charge is -2.04. The summed E-state index contributed by atoms with van der Waals surface area (Å²) >= 11 is 1.20. The quantitative estimate of drug-likeness (QED) is 0.825. The van der Waals surface area contributed by atoms with E-state index in [2.05, 4.69) is 20.9 Å². The molecule has 0 unspecified atom stereocenters. The molecule has 0 spiro atoms. The topological polar surface area (TPSA) is 67.9 Å². The largest absolute Gasteiger partial charge is 0.491 e. The normalized spacial score (nSPS) is 10.6. The zero-order valence-corrected chi connectivity index (χ0v) is 9.85. The van der Waals surface area contributed by atoms with Gasteiger partial charge in [-0.05, 0) is 25.4 Å². The molecule has 0 atom stereocenters. The van der Waals surface area contributed by atoms with Crippen molar-refractivity contribution in [1.82, 2.24) is 14.3 Å². The molecule has 2 rings (SSSR count). The van der Waals surface area contributed by atoms with Crippen LogP contribution in [0.3, 0.4) is 0 Å². The van der Waals surface area contributed by atoms with Crippen molar-refractivity contribution in [1.29, 1.82) is 0 Å². The van der Waals surface area contributed by atoms with E-state index in [9.17, 15) is 4.79 Å². The van der Waals surface area contributed by atoms with Gasteiger partial charge in [-0.25, -0.2) is 4.98 Å². The van der Waals surface area contributed by atoms with Crippen LogP contribution in [0.15, 0.2) is 11.4 Å². The Morgan fingerprint density at radius 2 is 2.38 bits per heavy atom. The van der Waals surface area contributed by atoms with Crippen molar-refractivity contribution < 1.29 is 4.74 Å². The predicted molar refractivity (Wildman–Crippen MR) is 63.4 cm³/mol. The molecule has 0 fully saturated rings. The first-order valence-electron chi connectivity index (χ1n) is 4.82. The van der Waals surface area contributed by atoms with Crippen molar-refractivity contribution >= 4 is 27.5 Å². The van der Waals surface area contributed by atoms with E-state index >= 15 is 0 Å². The maximum absolute atomic E-state index is 11.8. The summed E-state index contributed by atoms with van der Waals surface area (Å²) in [4.78, 5) is 19.3. The molecule has 2 heterocycles. The molecule has 2 aromatic heterocycles. The van der Waals surface area contributed by atoms with Crippen molar-refractivity contribution in [2.45, 2.75) is 13.8 Å². The summed E-state index contributed by atoms with van der Waals surface area (Å²) < 4.78 is 9.29. The second kappa shape index (κ2) is 4.05. The molecule has 0 amide bonds. The Kier molecular flexibility index (Phi) is 2.74. The molecule has 6 heteroatoms. The van der Waals surface area contributed by atoms with Crippen LogP contribution in [0, 0.1) is 6.92 Å². The molecule has 0 saturated carbocycles. The average Bonchev–Trinajstić information content (AvgIpc) is 2.61. The first-order chi connectivity index (χ1) is 7.63. The third-order valence-electron chi connectivity index (χ3n) is 2.10. The number of aryl methyl sites for hydroxylation is 1. The number of aromatic nitrogens is 3. The molecular formula is C10H11N3O2S. The number of nitrogens with one attached hydrogen (secondary N) is 1. The number of aromatic amines is 1. The highest BCUT2D eigenvalue weighted by molar-refractivity contribution is 7.12. The standard InChI is InChI=1S/C10H11N3O2S/c1-4-15-6(3)8-11-9(14)7-5(2)13-16-10(7)12-8/h3-4H2,1-2H3,(H,11,12,14). The van der Waals surface area contributed by atoms with E-state index in [0.717, 1.165) is 0 Å². The third-order valence-corrected chi connectivity index (χ3v) is 2.93. The fourth-order valence-corrected chi connectivity index (χ4v) is 2.15. The SMILES string of the molecule is C=C(OCC)c1nc2snc(C)c2c(=O)[nH]1. The van der Waals surface area contributed by atoms with Gasteiger partial charge in [-0.3, -0.25) is 4.79 Å². The van der Waals surface area contributed by atoms with Crippen LogP contribution in [0.25, 0.3) is 16.0 Å². The van der Waals surface area contributed by atoms with Gasteiger partial charge in [-0.2, -0.15) is 4.37 Å². The smallest absolute Gasteiger partial charge is 0.261 e. The molecule has 0 bridgehead atoms. The van der Waals surface area contributed by atoms with Crippen LogP contribution in [-0.4, -0.2) is 20.9 Å². The predicted octanol–water partition coefficient (Wildman–Crippen LogP) is 1.70. The summed E-state index contributed by atoms with van der Waals surface area (Å²) in [5.74, 6) is 0.732. The van der Waals surface area contributed by atoms with E-state index in [1.807, 2.05) is 6.92 Å². The number of rotatable bonds is 3. The third kappa shape index (κ3) is 1.71. The van der Waals surface area contributed by atoms with Gasteiger partial charge >= 0.3 is 0 Å². The van der Waals surface area contributed by atoms with Crippen LogP contribution in [-0.2, 0) is 4.74 Å². The molecule has 84 valence electrons. The van der Waals surface area contributed by atoms with Gasteiger partial charge in [-0.15, -0.1) is 0 Å². The number of hydrogen-bond acceptors (Lipinski definition) is 5. The fourth-order valence-electron chi connectivity index (χ4n) is 1.37. The lowest BCUT2D eigenvalue weighted by molar-refractivity contribution is 0.296. The zero-order valence-electron chi connectivity index (χ0n) is 9.03. The molecule has 0 aliphatic heterocycles. The number of hydrogen-bond donors (Lipinski definition) is 1. The van der Waals surface area contributed by atoms with Gasteiger partial charge in [0.25, 0.3) is 5.56 Å². The van der Waals surface area contributed by atoms with Crippen LogP contribution in [0.1, 0.15) is 18.4 Å². The van der Waals surface area contributed by atoms with E-state index in [1.54, 1.807) is 6.92 Å². The molecule has 0 aliphatic rings. The minimum atomic E-state index is -0.202. The first-order valence-corrected chi connectivity index (χ1v) is 5.59. The Balaban J connectivity index is 2.59. The molecule has 0 aromatic carbocycles. The number of fused-ring (bicyclic) bond motifs is 1. The Morgan fingerprint density at radius 3 is 3.06 bits per heavy atom. The summed E-state index contributed by atoms with van der Waals surface area (Å²) in [5.41, 5.74) is 0.495. The highest BCUT2D eigenvalue weighted by atomic mass is 32.1. The summed E-state index contributed by atoms with van der Waals surface area (Å²) in [7, 11) is 0. The van der Waals surface area contributed by atoms with Gasteiger partial charge in [0.15, 0.2) is 16.4 Å². The summed E-state index contributed by atoms with van der Waals surface area (Å²) in [6.07, 6.45) is 0. The summed E-state index contributed by atoms with van der Waals surface area (Å²) in [5, 5.41) is 0.540. The molecule has 0 radical (unpaired) electrons. The van der Waals surface area contributed by atoms with Gasteiger partial charge < -0.3 is 9.72 Å². The van der Waals surface area contributed by atoms with Crippen LogP contribution in [0.2, 0.25) is 0 Å². The highest BCUT2D eigenvalue weighted by Gasteiger charge is 2.11. The maximum Gasteiger partial charge on any atom is 0.261 e. The van der Waals surface area contributed by atoms with Gasteiger partial charge in [0.1, 0.15) is 0 Å². The average molecular weight is 237 g/mol. The molecule has 0 aliphatic carbocycles. The molecule has 1 N–H and O–H groups in total. The molecular weight excluding hydrogens is 226 g/mol. The molecule has 16 heavy (non-hydrogen) atoms. The second-order valence-electron chi connectivity index (χ2n) is 3.22. The van der Waals surface area contributed by atoms with Crippen molar-refractivity contribution in [3.63, 3.8) is 0 Å². The van der Waals surface area contributed by atoms with E-state index in [-0.39, 0.29) is 5.56 Å². The van der Waals surface area contributed by atoms with Crippen LogP contribution >= 0.6 is 11.5 Å². The van der Waals surface area contributed by atoms with Crippen LogP contribution in [0.5, 0.6) is 0 Å². The van der Waals surface area contributed by atoms with Gasteiger partial charge in [0, 0.05) is 0 Å². The van der Waals surface area contributed by atoms with E-state index < -0.39 is 0 Å². The number of ether oxygens (including phenoxy) is 1. The van der Waals surface area contributed by atoms with Crippen molar-refractivity contribution in [3.8, 4) is 0 Å². The van der Waals surface area contributed by atoms with Crippen LogP contribution < -0.4 is 5.56 Å². The van der Waals surface area contributed by atoms with Gasteiger partial charge in [0.05, 0.1) is 17.7 Å². The monoisotopic (exact) mass is 237 g/mol. The van der Waals surface area contributed by atoms with E-state index in [4.69, 9.17) is 4.74 Å². The highest BCUT2D eigenvalue weighted by Crippen LogP contribution is 2.17. The first kappa shape index (κ1) is 10.8. The summed E-state index contributed by atoms with van der Waals surface area (Å²) in [6, 6.07) is 0. The number of nitrogens with zero attached hydrogens (tertiary/aromatic N) is 2. The van der Waals surface area contributed by atoms with Gasteiger partial charge in [-0.1, -0.05) is 6.58 Å². The Labute approximate surface area is 96.0 Å². The Morgan fingerprint density at radius 1 is 1.62 bits per heavy atom.